The van der Waals surface area contributed by atoms with E-state index < -0.39 is 0 Å². The zero-order chi connectivity index (χ0) is 21.8. The lowest BCUT2D eigenvalue weighted by Gasteiger charge is -2.04. The zero-order valence-electron chi connectivity index (χ0n) is 21.5. The first-order chi connectivity index (χ1) is 14.9. The minimum absolute atomic E-state index is 1.37. The van der Waals surface area contributed by atoms with Gasteiger partial charge in [-0.2, -0.15) is 11.8 Å². The second-order valence-corrected chi connectivity index (χ2v) is 11.0. The van der Waals surface area contributed by atoms with Crippen LogP contribution < -0.4 is 0 Å². The van der Waals surface area contributed by atoms with Gasteiger partial charge < -0.3 is 0 Å². The molecule has 0 heterocycles. The van der Waals surface area contributed by atoms with Crippen molar-refractivity contribution >= 4 is 11.8 Å². The highest BCUT2D eigenvalue weighted by Gasteiger charge is 1.96. The van der Waals surface area contributed by atoms with Gasteiger partial charge in [0, 0.05) is 0 Å². The minimum Gasteiger partial charge on any atom is -0.162 e. The third-order valence-corrected chi connectivity index (χ3v) is 7.69. The molecule has 182 valence electrons. The van der Waals surface area contributed by atoms with Crippen molar-refractivity contribution in [3.05, 3.63) is 0 Å². The molecule has 0 N–H and O–H groups in total. The first-order valence-corrected chi connectivity index (χ1v) is 15.6. The summed E-state index contributed by atoms with van der Waals surface area (Å²) in [6.45, 7) is 4.61. The van der Waals surface area contributed by atoms with Gasteiger partial charge in [0.25, 0.3) is 0 Å². The summed E-state index contributed by atoms with van der Waals surface area (Å²) in [6.07, 6.45) is 36.7. The summed E-state index contributed by atoms with van der Waals surface area (Å²) in [5.74, 6) is 2.82. The van der Waals surface area contributed by atoms with E-state index in [9.17, 15) is 0 Å². The smallest absolute Gasteiger partial charge is 0.00675 e. The largest absolute Gasteiger partial charge is 0.162 e. The fourth-order valence-corrected chi connectivity index (χ4v) is 5.39. The molecule has 0 bridgehead atoms. The summed E-state index contributed by atoms with van der Waals surface area (Å²) in [5, 5.41) is 0. The maximum Gasteiger partial charge on any atom is -0.00675 e. The Morgan fingerprint density at radius 2 is 0.467 bits per heavy atom. The van der Waals surface area contributed by atoms with Crippen LogP contribution in [-0.4, -0.2) is 11.5 Å². The van der Waals surface area contributed by atoms with E-state index >= 15 is 0 Å². The minimum atomic E-state index is 1.37. The molecule has 30 heavy (non-hydrogen) atoms. The van der Waals surface area contributed by atoms with Crippen molar-refractivity contribution in [3.63, 3.8) is 0 Å². The van der Waals surface area contributed by atoms with Crippen molar-refractivity contribution in [3.8, 4) is 0 Å². The zero-order valence-corrected chi connectivity index (χ0v) is 22.3. The maximum absolute atomic E-state index is 2.30. The number of rotatable bonds is 27. The van der Waals surface area contributed by atoms with Gasteiger partial charge in [0.1, 0.15) is 0 Å². The van der Waals surface area contributed by atoms with E-state index in [0.717, 1.165) is 0 Å². The summed E-state index contributed by atoms with van der Waals surface area (Å²) in [7, 11) is 0. The molecule has 0 saturated heterocycles. The van der Waals surface area contributed by atoms with Crippen LogP contribution in [0.15, 0.2) is 0 Å². The molecule has 0 radical (unpaired) electrons. The van der Waals surface area contributed by atoms with Gasteiger partial charge in [0.15, 0.2) is 0 Å². The Balaban J connectivity index is 2.97. The van der Waals surface area contributed by atoms with Gasteiger partial charge >= 0.3 is 0 Å². The van der Waals surface area contributed by atoms with Gasteiger partial charge in [-0.25, -0.2) is 0 Å². The molecule has 0 amide bonds. The molecule has 0 aliphatic carbocycles. The van der Waals surface area contributed by atoms with E-state index in [1.54, 1.807) is 0 Å². The Hall–Kier alpha value is 0.350. The van der Waals surface area contributed by atoms with Crippen molar-refractivity contribution in [1.82, 2.24) is 0 Å². The van der Waals surface area contributed by atoms with Crippen LogP contribution in [0, 0.1) is 0 Å². The van der Waals surface area contributed by atoms with Crippen LogP contribution >= 0.6 is 11.8 Å². The summed E-state index contributed by atoms with van der Waals surface area (Å²) >= 11 is 2.21. The molecule has 0 fully saturated rings. The molecule has 0 unspecified atom stereocenters. The summed E-state index contributed by atoms with van der Waals surface area (Å²) in [5.41, 5.74) is 0. The van der Waals surface area contributed by atoms with Crippen LogP contribution in [-0.2, 0) is 0 Å². The quantitative estimate of drug-likeness (QED) is 0.114. The van der Waals surface area contributed by atoms with E-state index in [1.165, 1.54) is 172 Å². The van der Waals surface area contributed by atoms with Gasteiger partial charge in [0.05, 0.1) is 0 Å². The second-order valence-electron chi connectivity index (χ2n) is 9.74. The lowest BCUT2D eigenvalue weighted by atomic mass is 10.0. The fraction of sp³-hybridized carbons (Fsp3) is 1.00. The number of hydrogen-bond acceptors (Lipinski definition) is 1. The van der Waals surface area contributed by atoms with Crippen molar-refractivity contribution < 1.29 is 0 Å². The van der Waals surface area contributed by atoms with E-state index in [2.05, 4.69) is 25.6 Å². The van der Waals surface area contributed by atoms with E-state index in [4.69, 9.17) is 0 Å². The molecule has 0 rings (SSSR count). The van der Waals surface area contributed by atoms with Crippen molar-refractivity contribution in [2.45, 2.75) is 174 Å². The lowest BCUT2D eigenvalue weighted by Crippen LogP contribution is -1.87. The molecule has 0 aliphatic rings. The highest BCUT2D eigenvalue weighted by atomic mass is 32.2. The Labute approximate surface area is 197 Å². The molecule has 1 heteroatoms. The molecule has 0 aromatic carbocycles. The average molecular weight is 441 g/mol. The van der Waals surface area contributed by atoms with Gasteiger partial charge in [-0.1, -0.05) is 162 Å². The summed E-state index contributed by atoms with van der Waals surface area (Å²) < 4.78 is 0. The SMILES string of the molecule is CCCCCCCCCCCCCCCCCCCCSCCCCCCCCC. The molecule has 0 saturated carbocycles. The Kier molecular flexibility index (Phi) is 29.7. The fourth-order valence-electron chi connectivity index (χ4n) is 4.37. The van der Waals surface area contributed by atoms with Crippen LogP contribution in [0.5, 0.6) is 0 Å². The van der Waals surface area contributed by atoms with E-state index in [0.29, 0.717) is 0 Å². The lowest BCUT2D eigenvalue weighted by molar-refractivity contribution is 0.526. The molecule has 0 nitrogen and oxygen atoms in total. The highest BCUT2D eigenvalue weighted by molar-refractivity contribution is 7.99. The monoisotopic (exact) mass is 440 g/mol. The van der Waals surface area contributed by atoms with E-state index in [-0.39, 0.29) is 0 Å². The van der Waals surface area contributed by atoms with Crippen LogP contribution in [0.1, 0.15) is 174 Å². The standard InChI is InChI=1S/C29H60S/c1-3-5-7-9-11-12-13-14-15-16-17-18-19-20-21-23-25-27-29-30-28-26-24-22-10-8-6-4-2/h3-29H2,1-2H3. The topological polar surface area (TPSA) is 0 Å². The first-order valence-electron chi connectivity index (χ1n) is 14.5. The van der Waals surface area contributed by atoms with Crippen LogP contribution in [0.25, 0.3) is 0 Å². The van der Waals surface area contributed by atoms with Crippen molar-refractivity contribution in [1.29, 1.82) is 0 Å². The van der Waals surface area contributed by atoms with Crippen LogP contribution in [0.4, 0.5) is 0 Å². The Bertz CT molecular complexity index is 248. The predicted octanol–water partition coefficient (Wildman–Crippen LogP) is 11.5. The predicted molar refractivity (Wildman–Crippen MR) is 144 cm³/mol. The molecule has 0 aliphatic heterocycles. The van der Waals surface area contributed by atoms with Crippen molar-refractivity contribution in [2.75, 3.05) is 11.5 Å². The number of thioether (sulfide) groups is 1. The van der Waals surface area contributed by atoms with E-state index in [1.807, 2.05) is 0 Å². The Morgan fingerprint density at radius 3 is 0.700 bits per heavy atom. The van der Waals surface area contributed by atoms with Gasteiger partial charge in [0.2, 0.25) is 0 Å². The molecule has 0 aromatic rings. The van der Waals surface area contributed by atoms with Crippen molar-refractivity contribution in [2.24, 2.45) is 0 Å². The van der Waals surface area contributed by atoms with Crippen LogP contribution in [0.3, 0.4) is 0 Å². The summed E-state index contributed by atoms with van der Waals surface area (Å²) in [6, 6.07) is 0. The molecule has 0 atom stereocenters. The average Bonchev–Trinajstić information content (AvgIpc) is 2.76. The molecule has 0 spiro atoms. The Morgan fingerprint density at radius 1 is 0.267 bits per heavy atom. The second kappa shape index (κ2) is 29.4. The third kappa shape index (κ3) is 28.4. The van der Waals surface area contributed by atoms with Gasteiger partial charge in [-0.3, -0.25) is 0 Å². The maximum atomic E-state index is 2.30. The van der Waals surface area contributed by atoms with Gasteiger partial charge in [-0.05, 0) is 24.3 Å². The van der Waals surface area contributed by atoms with Gasteiger partial charge in [-0.15, -0.1) is 0 Å². The number of hydrogen-bond donors (Lipinski definition) is 0. The molecule has 0 aromatic heterocycles. The summed E-state index contributed by atoms with van der Waals surface area (Å²) in [4.78, 5) is 0. The number of unbranched alkanes of at least 4 members (excludes halogenated alkanes) is 23. The third-order valence-electron chi connectivity index (χ3n) is 6.53. The normalized spacial score (nSPS) is 11.4. The molecular formula is C29H60S. The van der Waals surface area contributed by atoms with Crippen LogP contribution in [0.2, 0.25) is 0 Å². The molecular weight excluding hydrogens is 380 g/mol. The highest BCUT2D eigenvalue weighted by Crippen LogP contribution is 2.16. The first kappa shape index (κ1) is 30.4.